The standard InChI is InChI=1S/C19H21Cl2N3O2/c1-23(19(25)22-15-6-7-16(20)17(21)12-15)13-14-4-2-3-5-18(14)24-8-10-26-11-9-24/h2-7,12H,8-11,13H2,1H3,(H,22,25). The van der Waals surface area contributed by atoms with Crippen LogP contribution in [0.3, 0.4) is 0 Å². The van der Waals surface area contributed by atoms with Crippen LogP contribution >= 0.6 is 23.2 Å². The first-order valence-electron chi connectivity index (χ1n) is 8.42. The number of urea groups is 1. The molecule has 0 saturated carbocycles. The monoisotopic (exact) mass is 393 g/mol. The fourth-order valence-corrected chi connectivity index (χ4v) is 3.18. The molecular formula is C19H21Cl2N3O2. The minimum absolute atomic E-state index is 0.208. The number of amides is 2. The molecule has 1 saturated heterocycles. The molecule has 0 spiro atoms. The van der Waals surface area contributed by atoms with E-state index in [2.05, 4.69) is 16.3 Å². The first-order chi connectivity index (χ1) is 12.5. The summed E-state index contributed by atoms with van der Waals surface area (Å²) >= 11 is 11.9. The van der Waals surface area contributed by atoms with E-state index in [4.69, 9.17) is 27.9 Å². The molecule has 0 unspecified atom stereocenters. The van der Waals surface area contributed by atoms with Gasteiger partial charge in [0.1, 0.15) is 0 Å². The molecule has 138 valence electrons. The van der Waals surface area contributed by atoms with Crippen LogP contribution in [0.5, 0.6) is 0 Å². The Labute approximate surface area is 163 Å². The maximum absolute atomic E-state index is 12.5. The van der Waals surface area contributed by atoms with Crippen LogP contribution in [0.1, 0.15) is 5.56 Å². The van der Waals surface area contributed by atoms with Gasteiger partial charge in [-0.25, -0.2) is 4.79 Å². The molecule has 1 aliphatic rings. The lowest BCUT2D eigenvalue weighted by atomic mass is 10.1. The second-order valence-corrected chi connectivity index (χ2v) is 6.96. The van der Waals surface area contributed by atoms with Crippen molar-refractivity contribution in [2.24, 2.45) is 0 Å². The summed E-state index contributed by atoms with van der Waals surface area (Å²) in [4.78, 5) is 16.4. The van der Waals surface area contributed by atoms with Crippen LogP contribution in [-0.2, 0) is 11.3 Å². The van der Waals surface area contributed by atoms with Crippen molar-refractivity contribution in [3.05, 3.63) is 58.1 Å². The lowest BCUT2D eigenvalue weighted by Gasteiger charge is -2.31. The Morgan fingerprint density at radius 3 is 2.62 bits per heavy atom. The average molecular weight is 394 g/mol. The highest BCUT2D eigenvalue weighted by Crippen LogP contribution is 2.26. The molecule has 7 heteroatoms. The SMILES string of the molecule is CN(Cc1ccccc1N1CCOCC1)C(=O)Nc1ccc(Cl)c(Cl)c1. The summed E-state index contributed by atoms with van der Waals surface area (Å²) in [7, 11) is 1.77. The Hall–Kier alpha value is -1.95. The van der Waals surface area contributed by atoms with Gasteiger partial charge < -0.3 is 19.9 Å². The number of benzene rings is 2. The number of hydrogen-bond donors (Lipinski definition) is 1. The van der Waals surface area contributed by atoms with Crippen molar-refractivity contribution in [2.75, 3.05) is 43.6 Å². The summed E-state index contributed by atoms with van der Waals surface area (Å²) in [5, 5.41) is 3.70. The highest BCUT2D eigenvalue weighted by molar-refractivity contribution is 6.42. The minimum Gasteiger partial charge on any atom is -0.378 e. The molecule has 2 aromatic rings. The highest BCUT2D eigenvalue weighted by Gasteiger charge is 2.17. The number of para-hydroxylation sites is 1. The van der Waals surface area contributed by atoms with Crippen LogP contribution in [0.15, 0.2) is 42.5 Å². The maximum atomic E-state index is 12.5. The molecule has 1 aliphatic heterocycles. The largest absolute Gasteiger partial charge is 0.378 e. The summed E-state index contributed by atoms with van der Waals surface area (Å²) in [6.45, 7) is 3.66. The molecule has 5 nitrogen and oxygen atoms in total. The van der Waals surface area contributed by atoms with Crippen LogP contribution in [0.4, 0.5) is 16.2 Å². The van der Waals surface area contributed by atoms with E-state index in [1.807, 2.05) is 18.2 Å². The van der Waals surface area contributed by atoms with E-state index in [9.17, 15) is 4.79 Å². The van der Waals surface area contributed by atoms with E-state index >= 15 is 0 Å². The number of halogens is 2. The van der Waals surface area contributed by atoms with E-state index < -0.39 is 0 Å². The normalized spacial score (nSPS) is 14.2. The number of morpholine rings is 1. The van der Waals surface area contributed by atoms with E-state index in [1.54, 1.807) is 30.1 Å². The topological polar surface area (TPSA) is 44.8 Å². The summed E-state index contributed by atoms with van der Waals surface area (Å²) in [5.74, 6) is 0. The number of hydrogen-bond acceptors (Lipinski definition) is 3. The first kappa shape index (κ1) is 18.8. The molecule has 2 aromatic carbocycles. The fraction of sp³-hybridized carbons (Fsp3) is 0.316. The molecule has 0 aromatic heterocycles. The van der Waals surface area contributed by atoms with Crippen molar-refractivity contribution < 1.29 is 9.53 Å². The van der Waals surface area contributed by atoms with Gasteiger partial charge >= 0.3 is 6.03 Å². The molecule has 3 rings (SSSR count). The Kier molecular flexibility index (Phi) is 6.25. The van der Waals surface area contributed by atoms with Crippen LogP contribution in [0, 0.1) is 0 Å². The zero-order valence-electron chi connectivity index (χ0n) is 14.5. The maximum Gasteiger partial charge on any atom is 0.321 e. The molecule has 1 heterocycles. The van der Waals surface area contributed by atoms with Gasteiger partial charge in [-0.3, -0.25) is 0 Å². The van der Waals surface area contributed by atoms with Crippen LogP contribution in [-0.4, -0.2) is 44.3 Å². The second kappa shape index (κ2) is 8.62. The number of rotatable bonds is 4. The van der Waals surface area contributed by atoms with Gasteiger partial charge in [0.15, 0.2) is 0 Å². The number of carbonyl (C=O) groups excluding carboxylic acids is 1. The molecule has 1 N–H and O–H groups in total. The molecular weight excluding hydrogens is 373 g/mol. The average Bonchev–Trinajstić information content (AvgIpc) is 2.66. The quantitative estimate of drug-likeness (QED) is 0.831. The molecule has 1 fully saturated rings. The molecule has 0 aliphatic carbocycles. The van der Waals surface area contributed by atoms with Crippen LogP contribution in [0.2, 0.25) is 10.0 Å². The van der Waals surface area contributed by atoms with Gasteiger partial charge in [0.2, 0.25) is 0 Å². The molecule has 0 radical (unpaired) electrons. The van der Waals surface area contributed by atoms with Crippen molar-refractivity contribution in [3.63, 3.8) is 0 Å². The number of carbonyl (C=O) groups is 1. The highest BCUT2D eigenvalue weighted by atomic mass is 35.5. The number of nitrogens with zero attached hydrogens (tertiary/aromatic N) is 2. The van der Waals surface area contributed by atoms with Gasteiger partial charge in [-0.1, -0.05) is 41.4 Å². The first-order valence-corrected chi connectivity index (χ1v) is 9.18. The Morgan fingerprint density at radius 1 is 1.15 bits per heavy atom. The summed E-state index contributed by atoms with van der Waals surface area (Å²) in [5.41, 5.74) is 2.85. The molecule has 0 bridgehead atoms. The van der Waals surface area contributed by atoms with E-state index in [0.717, 1.165) is 37.6 Å². The fourth-order valence-electron chi connectivity index (χ4n) is 2.88. The van der Waals surface area contributed by atoms with E-state index in [-0.39, 0.29) is 6.03 Å². The molecule has 26 heavy (non-hydrogen) atoms. The number of anilines is 2. The predicted octanol–water partition coefficient (Wildman–Crippen LogP) is 4.49. The van der Waals surface area contributed by atoms with Gasteiger partial charge in [-0.2, -0.15) is 0 Å². The summed E-state index contributed by atoms with van der Waals surface area (Å²) in [6.07, 6.45) is 0. The zero-order chi connectivity index (χ0) is 18.5. The van der Waals surface area contributed by atoms with Gasteiger partial charge in [-0.05, 0) is 29.8 Å². The zero-order valence-corrected chi connectivity index (χ0v) is 16.1. The van der Waals surface area contributed by atoms with Crippen molar-refractivity contribution in [1.82, 2.24) is 4.90 Å². The second-order valence-electron chi connectivity index (χ2n) is 6.14. The third kappa shape index (κ3) is 4.61. The van der Waals surface area contributed by atoms with Crippen molar-refractivity contribution in [2.45, 2.75) is 6.54 Å². The Balaban J connectivity index is 1.68. The lowest BCUT2D eigenvalue weighted by molar-refractivity contribution is 0.122. The summed E-state index contributed by atoms with van der Waals surface area (Å²) in [6, 6.07) is 13.0. The summed E-state index contributed by atoms with van der Waals surface area (Å²) < 4.78 is 5.43. The number of nitrogens with one attached hydrogen (secondary N) is 1. The predicted molar refractivity (Wildman–Crippen MR) is 106 cm³/mol. The van der Waals surface area contributed by atoms with Crippen molar-refractivity contribution in [3.8, 4) is 0 Å². The van der Waals surface area contributed by atoms with Crippen LogP contribution in [0.25, 0.3) is 0 Å². The third-order valence-electron chi connectivity index (χ3n) is 4.27. The van der Waals surface area contributed by atoms with Crippen molar-refractivity contribution in [1.29, 1.82) is 0 Å². The van der Waals surface area contributed by atoms with Gasteiger partial charge in [0.05, 0.1) is 23.3 Å². The Morgan fingerprint density at radius 2 is 1.88 bits per heavy atom. The van der Waals surface area contributed by atoms with Gasteiger partial charge in [0, 0.05) is 38.1 Å². The van der Waals surface area contributed by atoms with Crippen LogP contribution < -0.4 is 10.2 Å². The minimum atomic E-state index is -0.208. The number of ether oxygens (including phenoxy) is 1. The smallest absolute Gasteiger partial charge is 0.321 e. The molecule has 2 amide bonds. The van der Waals surface area contributed by atoms with E-state index in [1.165, 1.54) is 0 Å². The molecule has 0 atom stereocenters. The third-order valence-corrected chi connectivity index (χ3v) is 5.01. The van der Waals surface area contributed by atoms with Gasteiger partial charge in [0.25, 0.3) is 0 Å². The Bertz CT molecular complexity index is 779. The van der Waals surface area contributed by atoms with E-state index in [0.29, 0.717) is 22.3 Å². The van der Waals surface area contributed by atoms with Gasteiger partial charge in [-0.15, -0.1) is 0 Å². The van der Waals surface area contributed by atoms with Crippen molar-refractivity contribution >= 4 is 40.6 Å². The lowest BCUT2D eigenvalue weighted by Crippen LogP contribution is -2.37.